The Kier molecular flexibility index (Phi) is 39.8. The minimum atomic E-state index is -1.72. The highest BCUT2D eigenvalue weighted by atomic mass is 16.7. The quantitative estimate of drug-likeness (QED) is 0.0173. The van der Waals surface area contributed by atoms with Crippen LogP contribution < -0.4 is 0 Å². The van der Waals surface area contributed by atoms with E-state index in [1.807, 2.05) is 0 Å². The molecule has 2 heterocycles. The summed E-state index contributed by atoms with van der Waals surface area (Å²) in [5.41, 5.74) is 0. The number of allylic oxidation sites excluding steroid dienone is 12. The Bertz CT molecular complexity index is 1450. The number of hydrogen-bond donors (Lipinski definition) is 7. The molecule has 0 aromatic rings. The van der Waals surface area contributed by atoms with Gasteiger partial charge in [-0.3, -0.25) is 4.79 Å². The lowest BCUT2D eigenvalue weighted by Crippen LogP contribution is -2.61. The smallest absolute Gasteiger partial charge is 0.306 e. The topological polar surface area (TPSA) is 214 Å². The molecule has 14 nitrogen and oxygen atoms in total. The lowest BCUT2D eigenvalue weighted by molar-refractivity contribution is -0.332. The summed E-state index contributed by atoms with van der Waals surface area (Å²) in [7, 11) is 0. The van der Waals surface area contributed by atoms with Gasteiger partial charge in [-0.05, 0) is 83.5 Å². The Hall–Kier alpha value is -2.57. The first-order valence-electron chi connectivity index (χ1n) is 27.5. The molecular formula is C57H98O14. The zero-order valence-corrected chi connectivity index (χ0v) is 43.7. The molecule has 0 spiro atoms. The highest BCUT2D eigenvalue weighted by molar-refractivity contribution is 5.69. The van der Waals surface area contributed by atoms with Gasteiger partial charge in [-0.15, -0.1) is 0 Å². The predicted molar refractivity (Wildman–Crippen MR) is 279 cm³/mol. The maximum absolute atomic E-state index is 13.0. The van der Waals surface area contributed by atoms with E-state index in [1.54, 1.807) is 0 Å². The van der Waals surface area contributed by atoms with E-state index < -0.39 is 86.7 Å². The number of rotatable bonds is 43. The molecule has 0 amide bonds. The molecule has 2 saturated heterocycles. The van der Waals surface area contributed by atoms with E-state index >= 15 is 0 Å². The van der Waals surface area contributed by atoms with E-state index in [0.717, 1.165) is 70.6 Å². The molecule has 0 aromatic carbocycles. The van der Waals surface area contributed by atoms with Gasteiger partial charge >= 0.3 is 5.97 Å². The van der Waals surface area contributed by atoms with Gasteiger partial charge in [-0.1, -0.05) is 164 Å². The largest absolute Gasteiger partial charge is 0.457 e. The summed E-state index contributed by atoms with van der Waals surface area (Å²) in [6.07, 6.45) is 38.2. The van der Waals surface area contributed by atoms with Crippen molar-refractivity contribution in [1.29, 1.82) is 0 Å². The van der Waals surface area contributed by atoms with Crippen LogP contribution in [0, 0.1) is 0 Å². The maximum atomic E-state index is 13.0. The number of hydrogen-bond acceptors (Lipinski definition) is 14. The average Bonchev–Trinajstić information content (AvgIpc) is 3.37. The third-order valence-corrected chi connectivity index (χ3v) is 12.7. The van der Waals surface area contributed by atoms with Gasteiger partial charge in [0.15, 0.2) is 12.6 Å². The van der Waals surface area contributed by atoms with E-state index in [4.69, 9.17) is 28.4 Å². The molecule has 0 aliphatic carbocycles. The molecule has 7 N–H and O–H groups in total. The summed E-state index contributed by atoms with van der Waals surface area (Å²) >= 11 is 0. The Balaban J connectivity index is 1.77. The number of aliphatic hydroxyl groups is 7. The van der Waals surface area contributed by atoms with E-state index in [1.165, 1.54) is 83.5 Å². The second-order valence-electron chi connectivity index (χ2n) is 19.0. The summed E-state index contributed by atoms with van der Waals surface area (Å²) in [5, 5.41) is 72.2. The minimum Gasteiger partial charge on any atom is -0.457 e. The lowest BCUT2D eigenvalue weighted by atomic mass is 9.98. The highest BCUT2D eigenvalue weighted by Gasteiger charge is 2.47. The molecule has 2 aliphatic heterocycles. The standard InChI is InChI=1S/C57H98O14/c1-3-5-7-9-11-13-15-17-19-21-23-24-26-28-30-32-34-36-38-40-49(59)69-46(43-66-41-39-37-35-33-31-29-27-25-22-20-18-16-14-12-10-8-6-4-2)44-67-56-55(65)53(63)51(61)48(71-56)45-68-57-54(64)52(62)50(60)47(42-58)70-57/h6,8,12,14,17-20,25,27,31,33,46-48,50-58,60-65H,3-5,7,9-11,13,15-16,21-24,26,28-30,32,34-45H2,1-2H3/b8-6-,14-12-,19-17-,20-18-,27-25-,33-31-. The monoisotopic (exact) mass is 1010 g/mol. The second-order valence-corrected chi connectivity index (χ2v) is 19.0. The van der Waals surface area contributed by atoms with Gasteiger partial charge in [-0.2, -0.15) is 0 Å². The molecule has 2 aliphatic rings. The van der Waals surface area contributed by atoms with Gasteiger partial charge in [0.2, 0.25) is 0 Å². The average molecular weight is 1010 g/mol. The summed E-state index contributed by atoms with van der Waals surface area (Å²) in [6.45, 7) is 3.45. The lowest BCUT2D eigenvalue weighted by Gasteiger charge is -2.42. The molecule has 0 bridgehead atoms. The Labute approximate surface area is 427 Å². The van der Waals surface area contributed by atoms with Crippen LogP contribution in [-0.2, 0) is 33.2 Å². The van der Waals surface area contributed by atoms with Gasteiger partial charge in [0.25, 0.3) is 0 Å². The van der Waals surface area contributed by atoms with Crippen LogP contribution in [0.2, 0.25) is 0 Å². The summed E-state index contributed by atoms with van der Waals surface area (Å²) < 4.78 is 34.3. The highest BCUT2D eigenvalue weighted by Crippen LogP contribution is 2.26. The summed E-state index contributed by atoms with van der Waals surface area (Å²) in [6, 6.07) is 0. The predicted octanol–water partition coefficient (Wildman–Crippen LogP) is 9.08. The first-order valence-corrected chi connectivity index (χ1v) is 27.5. The molecule has 2 rings (SSSR count). The third-order valence-electron chi connectivity index (χ3n) is 12.7. The molecule has 2 fully saturated rings. The van der Waals surface area contributed by atoms with Crippen molar-refractivity contribution in [3.05, 3.63) is 72.9 Å². The molecule has 0 aromatic heterocycles. The molecule has 11 atom stereocenters. The van der Waals surface area contributed by atoms with E-state index in [9.17, 15) is 40.5 Å². The van der Waals surface area contributed by atoms with Crippen molar-refractivity contribution in [2.45, 2.75) is 248 Å². The van der Waals surface area contributed by atoms with Crippen LogP contribution in [0.4, 0.5) is 0 Å². The maximum Gasteiger partial charge on any atom is 0.306 e. The van der Waals surface area contributed by atoms with E-state index in [0.29, 0.717) is 13.0 Å². The summed E-state index contributed by atoms with van der Waals surface area (Å²) in [5.74, 6) is -0.395. The number of aliphatic hydroxyl groups excluding tert-OH is 7. The van der Waals surface area contributed by atoms with Gasteiger partial charge < -0.3 is 64.2 Å². The SMILES string of the molecule is CC/C=C\C/C=C\C/C=C\C/C=C\C/C=C\CCCCOCC(COC1OC(COC2OC(CO)C(O)C(O)C2O)C(O)C(O)C1O)OC(=O)CCCCCCCCCCC/C=C\CCCCCCCC. The number of ether oxygens (including phenoxy) is 6. The zero-order chi connectivity index (χ0) is 51.6. The molecular weight excluding hydrogens is 909 g/mol. The first-order chi connectivity index (χ1) is 34.6. The van der Waals surface area contributed by atoms with Crippen molar-refractivity contribution in [2.75, 3.05) is 33.0 Å². The first kappa shape index (κ1) is 64.5. The Morgan fingerprint density at radius 1 is 0.479 bits per heavy atom. The third kappa shape index (κ3) is 31.0. The number of unbranched alkanes of at least 4 members (excludes halogenated alkanes) is 17. The fraction of sp³-hybridized carbons (Fsp3) is 0.772. The normalized spacial score (nSPS) is 25.9. The van der Waals surface area contributed by atoms with Crippen molar-refractivity contribution < 1.29 is 69.0 Å². The van der Waals surface area contributed by atoms with Crippen LogP contribution in [0.5, 0.6) is 0 Å². The van der Waals surface area contributed by atoms with Crippen LogP contribution >= 0.6 is 0 Å². The molecule has 71 heavy (non-hydrogen) atoms. The van der Waals surface area contributed by atoms with E-state index in [2.05, 4.69) is 86.8 Å². The zero-order valence-electron chi connectivity index (χ0n) is 43.7. The van der Waals surface area contributed by atoms with Crippen LogP contribution in [0.15, 0.2) is 72.9 Å². The Morgan fingerprint density at radius 3 is 1.45 bits per heavy atom. The van der Waals surface area contributed by atoms with Crippen molar-refractivity contribution in [1.82, 2.24) is 0 Å². The number of carbonyl (C=O) groups is 1. The molecule has 410 valence electrons. The van der Waals surface area contributed by atoms with Gasteiger partial charge in [-0.25, -0.2) is 0 Å². The van der Waals surface area contributed by atoms with Crippen molar-refractivity contribution in [3.63, 3.8) is 0 Å². The van der Waals surface area contributed by atoms with Crippen LogP contribution in [-0.4, -0.2) is 142 Å². The van der Waals surface area contributed by atoms with Gasteiger partial charge in [0.1, 0.15) is 54.9 Å². The number of carbonyl (C=O) groups excluding carboxylic acids is 1. The van der Waals surface area contributed by atoms with Crippen molar-refractivity contribution >= 4 is 5.97 Å². The molecule has 0 radical (unpaired) electrons. The van der Waals surface area contributed by atoms with Crippen LogP contribution in [0.3, 0.4) is 0 Å². The minimum absolute atomic E-state index is 0.0283. The summed E-state index contributed by atoms with van der Waals surface area (Å²) in [4.78, 5) is 13.0. The van der Waals surface area contributed by atoms with Crippen LogP contribution in [0.1, 0.15) is 181 Å². The van der Waals surface area contributed by atoms with Gasteiger partial charge in [0.05, 0.1) is 26.4 Å². The second kappa shape index (κ2) is 43.8. The van der Waals surface area contributed by atoms with Crippen molar-refractivity contribution in [3.8, 4) is 0 Å². The van der Waals surface area contributed by atoms with E-state index in [-0.39, 0.29) is 19.6 Å². The molecule has 11 unspecified atom stereocenters. The fourth-order valence-electron chi connectivity index (χ4n) is 8.25. The van der Waals surface area contributed by atoms with Crippen LogP contribution in [0.25, 0.3) is 0 Å². The molecule has 14 heteroatoms. The van der Waals surface area contributed by atoms with Gasteiger partial charge in [0, 0.05) is 13.0 Å². The fourth-order valence-corrected chi connectivity index (χ4v) is 8.25. The molecule has 0 saturated carbocycles. The number of esters is 1. The van der Waals surface area contributed by atoms with Crippen molar-refractivity contribution in [2.24, 2.45) is 0 Å². The Morgan fingerprint density at radius 2 is 0.915 bits per heavy atom.